The number of thioether (sulfide) groups is 1. The molecule has 2 aromatic rings. The fraction of sp³-hybridized carbons (Fsp3) is 0.423. The Balaban J connectivity index is 1.10. The molecule has 5 rings (SSSR count). The lowest BCUT2D eigenvalue weighted by molar-refractivity contribution is -0.132. The number of para-hydroxylation sites is 1. The molecule has 2 saturated heterocycles. The smallest absolute Gasteiger partial charge is 0.410 e. The van der Waals surface area contributed by atoms with Crippen molar-refractivity contribution in [3.63, 3.8) is 0 Å². The predicted octanol–water partition coefficient (Wildman–Crippen LogP) is 3.02. The number of anilines is 1. The highest BCUT2D eigenvalue weighted by molar-refractivity contribution is 8.00. The van der Waals surface area contributed by atoms with Gasteiger partial charge in [-0.05, 0) is 49.2 Å². The molecule has 0 bridgehead atoms. The molecular formula is C26H29N3O6S. The first-order valence-electron chi connectivity index (χ1n) is 12.1. The molecule has 1 atom stereocenters. The van der Waals surface area contributed by atoms with Gasteiger partial charge in [-0.2, -0.15) is 0 Å². The van der Waals surface area contributed by atoms with Crippen molar-refractivity contribution >= 4 is 35.4 Å². The Labute approximate surface area is 214 Å². The van der Waals surface area contributed by atoms with Gasteiger partial charge in [-0.25, -0.2) is 4.79 Å². The zero-order valence-electron chi connectivity index (χ0n) is 20.1. The zero-order valence-corrected chi connectivity index (χ0v) is 20.9. The van der Waals surface area contributed by atoms with Gasteiger partial charge in [0.25, 0.3) is 0 Å². The summed E-state index contributed by atoms with van der Waals surface area (Å²) in [5.41, 5.74) is 0.796. The summed E-state index contributed by atoms with van der Waals surface area (Å²) in [5, 5.41) is 0. The van der Waals surface area contributed by atoms with Gasteiger partial charge >= 0.3 is 6.09 Å². The molecule has 1 unspecified atom stereocenters. The minimum absolute atomic E-state index is 0.0151. The second kappa shape index (κ2) is 10.7. The highest BCUT2D eigenvalue weighted by Crippen LogP contribution is 2.35. The van der Waals surface area contributed by atoms with Gasteiger partial charge in [0.15, 0.2) is 6.10 Å². The van der Waals surface area contributed by atoms with Gasteiger partial charge in [0, 0.05) is 24.0 Å². The van der Waals surface area contributed by atoms with E-state index in [1.807, 2.05) is 48.5 Å². The van der Waals surface area contributed by atoms with Gasteiger partial charge in [0.05, 0.1) is 25.1 Å². The first-order chi connectivity index (χ1) is 17.5. The van der Waals surface area contributed by atoms with Crippen LogP contribution in [0.3, 0.4) is 0 Å². The molecule has 36 heavy (non-hydrogen) atoms. The summed E-state index contributed by atoms with van der Waals surface area (Å²) in [4.78, 5) is 44.2. The summed E-state index contributed by atoms with van der Waals surface area (Å²) in [6.07, 6.45) is 0.666. The number of cyclic esters (lactones) is 1. The number of likely N-dealkylation sites (tertiary alicyclic amines) is 1. The number of ether oxygens (including phenoxy) is 3. The van der Waals surface area contributed by atoms with Crippen molar-refractivity contribution < 1.29 is 28.6 Å². The van der Waals surface area contributed by atoms with Crippen molar-refractivity contribution in [2.24, 2.45) is 0 Å². The Bertz CT molecular complexity index is 1120. The number of fused-ring (bicyclic) bond motifs is 1. The Morgan fingerprint density at radius 2 is 1.78 bits per heavy atom. The number of rotatable bonds is 7. The minimum Gasteiger partial charge on any atom is -0.497 e. The first-order valence-corrected chi connectivity index (χ1v) is 13.0. The molecule has 3 aliphatic heterocycles. The van der Waals surface area contributed by atoms with E-state index in [0.29, 0.717) is 44.0 Å². The van der Waals surface area contributed by atoms with Crippen molar-refractivity contribution in [2.75, 3.05) is 50.5 Å². The fourth-order valence-electron chi connectivity index (χ4n) is 4.78. The lowest BCUT2D eigenvalue weighted by atomic mass is 10.0. The third-order valence-electron chi connectivity index (χ3n) is 6.76. The Morgan fingerprint density at radius 1 is 1.06 bits per heavy atom. The van der Waals surface area contributed by atoms with Gasteiger partial charge in [-0.15, -0.1) is 11.8 Å². The second-order valence-electron chi connectivity index (χ2n) is 8.99. The van der Waals surface area contributed by atoms with Crippen LogP contribution in [0.25, 0.3) is 0 Å². The third-order valence-corrected chi connectivity index (χ3v) is 7.80. The summed E-state index contributed by atoms with van der Waals surface area (Å²) < 4.78 is 16.5. The van der Waals surface area contributed by atoms with Crippen LogP contribution in [0.4, 0.5) is 10.5 Å². The zero-order chi connectivity index (χ0) is 25.1. The topological polar surface area (TPSA) is 88.6 Å². The van der Waals surface area contributed by atoms with Crippen molar-refractivity contribution in [2.45, 2.75) is 29.9 Å². The van der Waals surface area contributed by atoms with E-state index < -0.39 is 0 Å². The maximum atomic E-state index is 13.0. The molecule has 3 amide bonds. The summed E-state index contributed by atoms with van der Waals surface area (Å²) >= 11 is 1.50. The molecule has 2 aromatic carbocycles. The second-order valence-corrected chi connectivity index (χ2v) is 10.0. The molecule has 0 aliphatic carbocycles. The van der Waals surface area contributed by atoms with E-state index >= 15 is 0 Å². The minimum atomic E-state index is -0.345. The molecule has 0 spiro atoms. The lowest BCUT2D eigenvalue weighted by Gasteiger charge is -2.37. The van der Waals surface area contributed by atoms with Crippen LogP contribution < -0.4 is 14.4 Å². The van der Waals surface area contributed by atoms with Crippen LogP contribution in [0.5, 0.6) is 11.5 Å². The SMILES string of the molecule is COc1ccc(OCC2CN(C3CCN(C(=O)CN4C(=O)CSc5ccccc54)CC3)C(=O)O2)cc1. The van der Waals surface area contributed by atoms with Crippen LogP contribution >= 0.6 is 11.8 Å². The highest BCUT2D eigenvalue weighted by Gasteiger charge is 2.38. The molecule has 3 aliphatic rings. The number of piperidine rings is 1. The highest BCUT2D eigenvalue weighted by atomic mass is 32.2. The number of amides is 3. The van der Waals surface area contributed by atoms with Crippen LogP contribution in [-0.2, 0) is 14.3 Å². The molecule has 0 aromatic heterocycles. The van der Waals surface area contributed by atoms with Crippen LogP contribution in [0, 0.1) is 0 Å². The molecular weight excluding hydrogens is 482 g/mol. The number of nitrogens with zero attached hydrogens (tertiary/aromatic N) is 3. The normalized spacial score (nSPS) is 20.2. The van der Waals surface area contributed by atoms with Crippen molar-refractivity contribution in [3.05, 3.63) is 48.5 Å². The molecule has 0 N–H and O–H groups in total. The lowest BCUT2D eigenvalue weighted by Crippen LogP contribution is -2.50. The summed E-state index contributed by atoms with van der Waals surface area (Å²) in [6, 6.07) is 14.9. The largest absolute Gasteiger partial charge is 0.497 e. The van der Waals surface area contributed by atoms with E-state index in [1.165, 1.54) is 11.8 Å². The quantitative estimate of drug-likeness (QED) is 0.565. The number of benzene rings is 2. The van der Waals surface area contributed by atoms with E-state index in [-0.39, 0.29) is 43.2 Å². The molecule has 0 radical (unpaired) electrons. The number of methoxy groups -OCH3 is 1. The summed E-state index contributed by atoms with van der Waals surface area (Å²) in [5.74, 6) is 1.65. The number of carbonyl (C=O) groups excluding carboxylic acids is 3. The number of carbonyl (C=O) groups is 3. The van der Waals surface area contributed by atoms with Crippen LogP contribution in [-0.4, -0.2) is 85.5 Å². The van der Waals surface area contributed by atoms with E-state index in [0.717, 1.165) is 16.3 Å². The van der Waals surface area contributed by atoms with Gasteiger partial charge < -0.3 is 28.9 Å². The molecule has 9 nitrogen and oxygen atoms in total. The van der Waals surface area contributed by atoms with Crippen LogP contribution in [0.15, 0.2) is 53.4 Å². The fourth-order valence-corrected chi connectivity index (χ4v) is 5.71. The van der Waals surface area contributed by atoms with Gasteiger partial charge in [-0.1, -0.05) is 12.1 Å². The van der Waals surface area contributed by atoms with E-state index in [4.69, 9.17) is 14.2 Å². The summed E-state index contributed by atoms with van der Waals surface area (Å²) in [6.45, 7) is 1.86. The van der Waals surface area contributed by atoms with E-state index in [2.05, 4.69) is 0 Å². The van der Waals surface area contributed by atoms with Crippen molar-refractivity contribution in [1.29, 1.82) is 0 Å². The maximum absolute atomic E-state index is 13.0. The number of hydrogen-bond donors (Lipinski definition) is 0. The average Bonchev–Trinajstić information content (AvgIpc) is 3.29. The Hall–Kier alpha value is -3.40. The van der Waals surface area contributed by atoms with Crippen LogP contribution in [0.2, 0.25) is 0 Å². The maximum Gasteiger partial charge on any atom is 0.410 e. The molecule has 190 valence electrons. The molecule has 10 heteroatoms. The van der Waals surface area contributed by atoms with Gasteiger partial charge in [-0.3, -0.25) is 9.59 Å². The van der Waals surface area contributed by atoms with Crippen LogP contribution in [0.1, 0.15) is 12.8 Å². The van der Waals surface area contributed by atoms with Gasteiger partial charge in [0.2, 0.25) is 11.8 Å². The average molecular weight is 512 g/mol. The molecule has 0 saturated carbocycles. The number of hydrogen-bond acceptors (Lipinski definition) is 7. The Kier molecular flexibility index (Phi) is 7.22. The summed E-state index contributed by atoms with van der Waals surface area (Å²) in [7, 11) is 1.61. The standard InChI is InChI=1S/C26H29N3O6S/c1-33-19-6-8-20(9-7-19)34-16-21-14-28(26(32)35-21)18-10-12-27(13-11-18)24(30)15-29-22-4-2-3-5-23(22)36-17-25(29)31/h2-9,18,21H,10-17H2,1H3. The van der Waals surface area contributed by atoms with Crippen molar-refractivity contribution in [1.82, 2.24) is 9.80 Å². The third kappa shape index (κ3) is 5.23. The van der Waals surface area contributed by atoms with Gasteiger partial charge in [0.1, 0.15) is 24.7 Å². The monoisotopic (exact) mass is 511 g/mol. The molecule has 3 heterocycles. The van der Waals surface area contributed by atoms with E-state index in [9.17, 15) is 14.4 Å². The Morgan fingerprint density at radius 3 is 2.53 bits per heavy atom. The van der Waals surface area contributed by atoms with Crippen molar-refractivity contribution in [3.8, 4) is 11.5 Å². The predicted molar refractivity (Wildman–Crippen MR) is 135 cm³/mol. The molecule has 2 fully saturated rings. The van der Waals surface area contributed by atoms with E-state index in [1.54, 1.807) is 21.8 Å². The first kappa shape index (κ1) is 24.3.